The molecular weight excluding hydrogens is 540 g/mol. The van der Waals surface area contributed by atoms with Crippen LogP contribution >= 0.6 is 0 Å². The largest absolute Gasteiger partial charge is 0.0622 e. The third kappa shape index (κ3) is 3.85. The summed E-state index contributed by atoms with van der Waals surface area (Å²) in [6.45, 7) is 4.77. The standard InChI is InChI=1S/C45H32/c1-45(2)40-25-13-24-38(44(40)39-27-31-16-6-7-17-32(31)28-41(39)45)43-36-22-10-8-20-34(36)42(35-21-9-11-23-37(35)43)33-19-12-18-30(26-33)29-14-4-3-5-15-29/h3-28H,1-2H3. The zero-order valence-electron chi connectivity index (χ0n) is 25.5. The van der Waals surface area contributed by atoms with Crippen molar-refractivity contribution in [1.29, 1.82) is 0 Å². The molecule has 212 valence electrons. The third-order valence-electron chi connectivity index (χ3n) is 10.0. The molecule has 0 bridgehead atoms. The normalized spacial score (nSPS) is 13.3. The highest BCUT2D eigenvalue weighted by atomic mass is 14.4. The predicted octanol–water partition coefficient (Wildman–Crippen LogP) is 12.5. The number of hydrogen-bond donors (Lipinski definition) is 0. The maximum atomic E-state index is 2.43. The second-order valence-corrected chi connectivity index (χ2v) is 12.9. The Kier molecular flexibility index (Phi) is 5.64. The molecular formula is C45H32. The Hall–Kier alpha value is -5.46. The van der Waals surface area contributed by atoms with Crippen LogP contribution < -0.4 is 0 Å². The number of fused-ring (bicyclic) bond motifs is 6. The highest BCUT2D eigenvalue weighted by Gasteiger charge is 2.37. The van der Waals surface area contributed by atoms with Crippen LogP contribution in [0.1, 0.15) is 25.0 Å². The van der Waals surface area contributed by atoms with E-state index in [9.17, 15) is 0 Å². The SMILES string of the molecule is CC1(C)c2cc3ccccc3cc2-c2c(-c3c4ccccc4c(-c4cccc(-c5ccccc5)c4)c4ccccc34)cccc21. The van der Waals surface area contributed by atoms with E-state index >= 15 is 0 Å². The Morgan fingerprint density at radius 1 is 0.333 bits per heavy atom. The second kappa shape index (κ2) is 9.78. The van der Waals surface area contributed by atoms with Crippen molar-refractivity contribution >= 4 is 32.3 Å². The molecule has 0 aliphatic heterocycles. The van der Waals surface area contributed by atoms with E-state index in [1.54, 1.807) is 0 Å². The molecule has 9 rings (SSSR count). The zero-order chi connectivity index (χ0) is 30.1. The Morgan fingerprint density at radius 3 is 1.56 bits per heavy atom. The summed E-state index contributed by atoms with van der Waals surface area (Å²) in [6.07, 6.45) is 0. The van der Waals surface area contributed by atoms with E-state index in [0.29, 0.717) is 0 Å². The molecule has 0 heteroatoms. The topological polar surface area (TPSA) is 0 Å². The van der Waals surface area contributed by atoms with Gasteiger partial charge < -0.3 is 0 Å². The van der Waals surface area contributed by atoms with Gasteiger partial charge in [-0.15, -0.1) is 0 Å². The van der Waals surface area contributed by atoms with E-state index < -0.39 is 0 Å². The van der Waals surface area contributed by atoms with Gasteiger partial charge in [-0.2, -0.15) is 0 Å². The summed E-state index contributed by atoms with van der Waals surface area (Å²) in [6, 6.07) is 58.3. The molecule has 0 fully saturated rings. The van der Waals surface area contributed by atoms with Crippen molar-refractivity contribution in [3.8, 4) is 44.5 Å². The molecule has 0 nitrogen and oxygen atoms in total. The fourth-order valence-electron chi connectivity index (χ4n) is 7.90. The second-order valence-electron chi connectivity index (χ2n) is 12.9. The first-order chi connectivity index (χ1) is 22.1. The lowest BCUT2D eigenvalue weighted by Crippen LogP contribution is -2.14. The molecule has 8 aromatic rings. The molecule has 0 atom stereocenters. The average Bonchev–Trinajstić information content (AvgIpc) is 3.32. The van der Waals surface area contributed by atoms with Gasteiger partial charge in [0.1, 0.15) is 0 Å². The Balaban J connectivity index is 1.37. The Bertz CT molecular complexity index is 2390. The molecule has 0 spiro atoms. The van der Waals surface area contributed by atoms with E-state index in [1.165, 1.54) is 88.0 Å². The van der Waals surface area contributed by atoms with Gasteiger partial charge in [0, 0.05) is 5.41 Å². The van der Waals surface area contributed by atoms with E-state index in [4.69, 9.17) is 0 Å². The lowest BCUT2D eigenvalue weighted by Gasteiger charge is -2.23. The molecule has 0 radical (unpaired) electrons. The molecule has 0 N–H and O–H groups in total. The first-order valence-electron chi connectivity index (χ1n) is 15.9. The van der Waals surface area contributed by atoms with Crippen molar-refractivity contribution in [3.05, 3.63) is 169 Å². The van der Waals surface area contributed by atoms with E-state index in [2.05, 4.69) is 172 Å². The van der Waals surface area contributed by atoms with Crippen LogP contribution in [0, 0.1) is 0 Å². The van der Waals surface area contributed by atoms with Gasteiger partial charge in [0.25, 0.3) is 0 Å². The number of hydrogen-bond acceptors (Lipinski definition) is 0. The molecule has 0 saturated heterocycles. The van der Waals surface area contributed by atoms with Gasteiger partial charge in [0.15, 0.2) is 0 Å². The number of rotatable bonds is 3. The summed E-state index contributed by atoms with van der Waals surface area (Å²) < 4.78 is 0. The van der Waals surface area contributed by atoms with Crippen LogP contribution in [0.5, 0.6) is 0 Å². The highest BCUT2D eigenvalue weighted by Crippen LogP contribution is 2.55. The molecule has 0 aromatic heterocycles. The van der Waals surface area contributed by atoms with Crippen molar-refractivity contribution in [1.82, 2.24) is 0 Å². The first kappa shape index (κ1) is 26.0. The van der Waals surface area contributed by atoms with E-state index in [-0.39, 0.29) is 5.41 Å². The third-order valence-corrected chi connectivity index (χ3v) is 10.0. The van der Waals surface area contributed by atoms with Gasteiger partial charge in [0.05, 0.1) is 0 Å². The Labute approximate surface area is 264 Å². The van der Waals surface area contributed by atoms with E-state index in [1.807, 2.05) is 0 Å². The van der Waals surface area contributed by atoms with Crippen LogP contribution in [0.4, 0.5) is 0 Å². The van der Waals surface area contributed by atoms with Crippen molar-refractivity contribution < 1.29 is 0 Å². The van der Waals surface area contributed by atoms with Gasteiger partial charge >= 0.3 is 0 Å². The summed E-state index contributed by atoms with van der Waals surface area (Å²) in [5.41, 5.74) is 13.1. The minimum atomic E-state index is -0.0892. The molecule has 0 unspecified atom stereocenters. The number of benzene rings is 8. The van der Waals surface area contributed by atoms with Gasteiger partial charge in [-0.25, -0.2) is 0 Å². The van der Waals surface area contributed by atoms with Crippen LogP contribution in [-0.4, -0.2) is 0 Å². The van der Waals surface area contributed by atoms with Crippen LogP contribution in [0.2, 0.25) is 0 Å². The zero-order valence-corrected chi connectivity index (χ0v) is 25.5. The minimum absolute atomic E-state index is 0.0892. The van der Waals surface area contributed by atoms with Gasteiger partial charge in [-0.05, 0) is 106 Å². The summed E-state index contributed by atoms with van der Waals surface area (Å²) >= 11 is 0. The van der Waals surface area contributed by atoms with Gasteiger partial charge in [-0.3, -0.25) is 0 Å². The van der Waals surface area contributed by atoms with Crippen molar-refractivity contribution in [2.45, 2.75) is 19.3 Å². The van der Waals surface area contributed by atoms with Crippen LogP contribution in [0.25, 0.3) is 76.8 Å². The molecule has 0 amide bonds. The molecule has 45 heavy (non-hydrogen) atoms. The van der Waals surface area contributed by atoms with Crippen LogP contribution in [-0.2, 0) is 5.41 Å². The highest BCUT2D eigenvalue weighted by molar-refractivity contribution is 6.23. The summed E-state index contributed by atoms with van der Waals surface area (Å²) in [5, 5.41) is 7.73. The first-order valence-corrected chi connectivity index (χ1v) is 15.9. The molecule has 1 aliphatic rings. The lowest BCUT2D eigenvalue weighted by atomic mass is 9.80. The fraction of sp³-hybridized carbons (Fsp3) is 0.0667. The van der Waals surface area contributed by atoms with Crippen molar-refractivity contribution in [2.24, 2.45) is 0 Å². The molecule has 8 aromatic carbocycles. The van der Waals surface area contributed by atoms with Crippen LogP contribution in [0.3, 0.4) is 0 Å². The molecule has 1 aliphatic carbocycles. The fourth-order valence-corrected chi connectivity index (χ4v) is 7.90. The van der Waals surface area contributed by atoms with Gasteiger partial charge in [-0.1, -0.05) is 153 Å². The predicted molar refractivity (Wildman–Crippen MR) is 193 cm³/mol. The maximum Gasteiger partial charge on any atom is 0.0159 e. The van der Waals surface area contributed by atoms with Gasteiger partial charge in [0.2, 0.25) is 0 Å². The van der Waals surface area contributed by atoms with Crippen molar-refractivity contribution in [3.63, 3.8) is 0 Å². The molecule has 0 heterocycles. The van der Waals surface area contributed by atoms with Crippen molar-refractivity contribution in [2.75, 3.05) is 0 Å². The summed E-state index contributed by atoms with van der Waals surface area (Å²) in [7, 11) is 0. The Morgan fingerprint density at radius 2 is 0.867 bits per heavy atom. The molecule has 0 saturated carbocycles. The van der Waals surface area contributed by atoms with Crippen LogP contribution in [0.15, 0.2) is 158 Å². The lowest BCUT2D eigenvalue weighted by molar-refractivity contribution is 0.661. The monoisotopic (exact) mass is 572 g/mol. The quantitative estimate of drug-likeness (QED) is 0.185. The summed E-state index contributed by atoms with van der Waals surface area (Å²) in [5.74, 6) is 0. The van der Waals surface area contributed by atoms with E-state index in [0.717, 1.165) is 0 Å². The minimum Gasteiger partial charge on any atom is -0.0622 e. The smallest absolute Gasteiger partial charge is 0.0159 e. The maximum absolute atomic E-state index is 2.43. The summed E-state index contributed by atoms with van der Waals surface area (Å²) in [4.78, 5) is 0. The average molecular weight is 573 g/mol.